The van der Waals surface area contributed by atoms with Crippen LogP contribution in [0.2, 0.25) is 0 Å². The van der Waals surface area contributed by atoms with Gasteiger partial charge < -0.3 is 15.6 Å². The fourth-order valence-electron chi connectivity index (χ4n) is 3.57. The summed E-state index contributed by atoms with van der Waals surface area (Å²) in [6.07, 6.45) is 5.59. The number of amidine groups is 1. The van der Waals surface area contributed by atoms with E-state index >= 15 is 0 Å². The number of carboxylic acid groups (broad SMARTS) is 1. The molecule has 0 aromatic rings. The summed E-state index contributed by atoms with van der Waals surface area (Å²) in [6.45, 7) is 9.67. The van der Waals surface area contributed by atoms with Gasteiger partial charge in [-0.3, -0.25) is 9.48 Å². The Kier molecular flexibility index (Phi) is 7.15. The highest BCUT2D eigenvalue weighted by molar-refractivity contribution is 5.85. The first kappa shape index (κ1) is 18.0. The van der Waals surface area contributed by atoms with Gasteiger partial charge >= 0.3 is 0 Å². The summed E-state index contributed by atoms with van der Waals surface area (Å²) >= 11 is 0. The van der Waals surface area contributed by atoms with E-state index in [4.69, 9.17) is 5.73 Å². The molecule has 0 aromatic heterocycles. The number of hydrogen-bond donors (Lipinski definition) is 1. The summed E-state index contributed by atoms with van der Waals surface area (Å²) in [6, 6.07) is 0. The van der Waals surface area contributed by atoms with Crippen molar-refractivity contribution < 1.29 is 14.5 Å². The van der Waals surface area contributed by atoms with Gasteiger partial charge in [0.1, 0.15) is 19.6 Å². The molecule has 1 atom stereocenters. The van der Waals surface area contributed by atoms with Crippen LogP contribution in [0.1, 0.15) is 52.9 Å². The van der Waals surface area contributed by atoms with Gasteiger partial charge in [-0.05, 0) is 19.8 Å². The monoisotopic (exact) mass is 297 g/mol. The van der Waals surface area contributed by atoms with Crippen molar-refractivity contribution in [3.05, 3.63) is 0 Å². The van der Waals surface area contributed by atoms with Gasteiger partial charge in [0, 0.05) is 6.54 Å². The first-order chi connectivity index (χ1) is 9.98. The van der Waals surface area contributed by atoms with Crippen LogP contribution in [0.3, 0.4) is 0 Å². The molecule has 0 amide bonds. The fourth-order valence-corrected chi connectivity index (χ4v) is 3.57. The Morgan fingerprint density at radius 3 is 2.62 bits per heavy atom. The lowest BCUT2D eigenvalue weighted by Gasteiger charge is -2.31. The summed E-state index contributed by atoms with van der Waals surface area (Å²) in [5.41, 5.74) is 5.77. The van der Waals surface area contributed by atoms with Gasteiger partial charge in [-0.15, -0.1) is 0 Å². The van der Waals surface area contributed by atoms with E-state index in [0.29, 0.717) is 6.54 Å². The zero-order chi connectivity index (χ0) is 15.9. The average molecular weight is 297 g/mol. The Hall–Kier alpha value is -1.10. The van der Waals surface area contributed by atoms with Crippen molar-refractivity contribution >= 4 is 11.8 Å². The highest BCUT2D eigenvalue weighted by Gasteiger charge is 2.43. The van der Waals surface area contributed by atoms with Gasteiger partial charge in [0.05, 0.1) is 17.9 Å². The number of carboxylic acids is 1. The summed E-state index contributed by atoms with van der Waals surface area (Å²) in [5, 5.41) is 11.1. The Balaban J connectivity index is 3.12. The fraction of sp³-hybridized carbons (Fsp3) is 0.875. The van der Waals surface area contributed by atoms with Gasteiger partial charge in [-0.2, -0.15) is 0 Å². The number of nitrogens with zero attached hydrogens (tertiary/aromatic N) is 2. The minimum Gasteiger partial charge on any atom is -0.546 e. The topological polar surface area (TPSA) is 72.4 Å². The van der Waals surface area contributed by atoms with Gasteiger partial charge in [0.25, 0.3) is 5.84 Å². The predicted molar refractivity (Wildman–Crippen MR) is 83.2 cm³/mol. The van der Waals surface area contributed by atoms with Gasteiger partial charge in [0.2, 0.25) is 0 Å². The largest absolute Gasteiger partial charge is 0.546 e. The van der Waals surface area contributed by atoms with Crippen molar-refractivity contribution in [2.24, 2.45) is 11.1 Å². The van der Waals surface area contributed by atoms with Crippen LogP contribution in [0.5, 0.6) is 0 Å². The zero-order valence-electron chi connectivity index (χ0n) is 13.9. The van der Waals surface area contributed by atoms with Crippen LogP contribution in [0.15, 0.2) is 0 Å². The molecule has 2 N–H and O–H groups in total. The van der Waals surface area contributed by atoms with E-state index in [-0.39, 0.29) is 12.0 Å². The molecule has 0 aliphatic carbocycles. The zero-order valence-corrected chi connectivity index (χ0v) is 13.9. The van der Waals surface area contributed by atoms with Crippen LogP contribution >= 0.6 is 0 Å². The van der Waals surface area contributed by atoms with E-state index < -0.39 is 5.97 Å². The molecule has 5 heteroatoms. The Bertz CT molecular complexity index is 382. The van der Waals surface area contributed by atoms with E-state index in [9.17, 15) is 9.90 Å². The standard InChI is InChI=1S/C16H31N3O2/c1-4-6-8-16(3,7-5-2)15-18(10-9-17)11-12-19(15)13-14(20)21/h4-13,17H2,1-3H3. The van der Waals surface area contributed by atoms with Crippen molar-refractivity contribution in [2.75, 3.05) is 32.7 Å². The van der Waals surface area contributed by atoms with E-state index in [1.54, 1.807) is 0 Å². The van der Waals surface area contributed by atoms with E-state index in [0.717, 1.165) is 51.7 Å². The second kappa shape index (κ2) is 8.37. The molecule has 0 aromatic carbocycles. The van der Waals surface area contributed by atoms with Crippen molar-refractivity contribution in [3.8, 4) is 0 Å². The summed E-state index contributed by atoms with van der Waals surface area (Å²) in [4.78, 5) is 13.3. The molecule has 5 nitrogen and oxygen atoms in total. The number of aliphatic carboxylic acids is 1. The van der Waals surface area contributed by atoms with Gasteiger partial charge in [0.15, 0.2) is 0 Å². The third-order valence-corrected chi connectivity index (χ3v) is 4.38. The van der Waals surface area contributed by atoms with E-state index in [1.165, 1.54) is 5.84 Å². The highest BCUT2D eigenvalue weighted by Crippen LogP contribution is 2.34. The molecule has 1 aliphatic rings. The average Bonchev–Trinajstić information content (AvgIpc) is 2.80. The van der Waals surface area contributed by atoms with Gasteiger partial charge in [-0.25, -0.2) is 0 Å². The molecule has 0 spiro atoms. The molecule has 1 aliphatic heterocycles. The Morgan fingerprint density at radius 1 is 1.38 bits per heavy atom. The molecule has 0 saturated carbocycles. The molecule has 21 heavy (non-hydrogen) atoms. The molecular formula is C16H31N3O2. The first-order valence-electron chi connectivity index (χ1n) is 8.25. The van der Waals surface area contributed by atoms with Crippen molar-refractivity contribution in [2.45, 2.75) is 52.9 Å². The summed E-state index contributed by atoms with van der Waals surface area (Å²) < 4.78 is 2.00. The third-order valence-electron chi connectivity index (χ3n) is 4.38. The maximum atomic E-state index is 11.1. The minimum atomic E-state index is -1.00. The third kappa shape index (κ3) is 4.70. The molecule has 0 bridgehead atoms. The van der Waals surface area contributed by atoms with Crippen molar-refractivity contribution in [1.29, 1.82) is 0 Å². The molecule has 122 valence electrons. The van der Waals surface area contributed by atoms with Crippen LogP contribution in [0, 0.1) is 5.41 Å². The van der Waals surface area contributed by atoms with Gasteiger partial charge in [-0.1, -0.05) is 33.1 Å². The Labute approximate surface area is 128 Å². The number of carbonyl (C=O) groups excluding carboxylic acids is 1. The number of carbonyl (C=O) groups is 1. The molecule has 0 saturated heterocycles. The van der Waals surface area contributed by atoms with Crippen LogP contribution in [0.4, 0.5) is 0 Å². The molecule has 0 fully saturated rings. The number of hydrogen-bond acceptors (Lipinski definition) is 4. The maximum Gasteiger partial charge on any atom is 0.253 e. The summed E-state index contributed by atoms with van der Waals surface area (Å²) in [7, 11) is 0. The number of unbranched alkanes of at least 4 members (excludes halogenated alkanes) is 1. The minimum absolute atomic E-state index is 0.0121. The number of nitrogens with two attached hydrogens (primary N) is 1. The molecule has 1 heterocycles. The molecule has 1 rings (SSSR count). The van der Waals surface area contributed by atoms with Crippen LogP contribution < -0.4 is 10.8 Å². The van der Waals surface area contributed by atoms with E-state index in [1.807, 2.05) is 4.58 Å². The first-order valence-corrected chi connectivity index (χ1v) is 8.25. The Morgan fingerprint density at radius 2 is 2.10 bits per heavy atom. The van der Waals surface area contributed by atoms with Crippen LogP contribution in [-0.4, -0.2) is 54.0 Å². The van der Waals surface area contributed by atoms with Crippen molar-refractivity contribution in [1.82, 2.24) is 4.90 Å². The van der Waals surface area contributed by atoms with Crippen LogP contribution in [0.25, 0.3) is 0 Å². The van der Waals surface area contributed by atoms with Crippen molar-refractivity contribution in [3.63, 3.8) is 0 Å². The smallest absolute Gasteiger partial charge is 0.253 e. The lowest BCUT2D eigenvalue weighted by Crippen LogP contribution is -2.46. The summed E-state index contributed by atoms with van der Waals surface area (Å²) in [5.74, 6) is 0.170. The number of rotatable bonds is 10. The SMILES string of the molecule is CCCCC(C)(CCC)C1=[N+](CC(=O)[O-])CCN1CCN. The molecular weight excluding hydrogens is 266 g/mol. The lowest BCUT2D eigenvalue weighted by atomic mass is 9.79. The second-order valence-electron chi connectivity index (χ2n) is 6.31. The second-order valence-corrected chi connectivity index (χ2v) is 6.31. The predicted octanol–water partition coefficient (Wildman–Crippen LogP) is 0.418. The quantitative estimate of drug-likeness (QED) is 0.593. The molecule has 0 radical (unpaired) electrons. The van der Waals surface area contributed by atoms with E-state index in [2.05, 4.69) is 25.7 Å². The maximum absolute atomic E-state index is 11.1. The normalized spacial score (nSPS) is 18.2. The lowest BCUT2D eigenvalue weighted by molar-refractivity contribution is -0.522. The molecule has 1 unspecified atom stereocenters. The highest BCUT2D eigenvalue weighted by atomic mass is 16.4. The van der Waals surface area contributed by atoms with Crippen LogP contribution in [-0.2, 0) is 4.79 Å².